The molecule has 0 radical (unpaired) electrons. The van der Waals surface area contributed by atoms with Gasteiger partial charge in [0.1, 0.15) is 0 Å². The molecule has 4 nitrogen and oxygen atoms in total. The van der Waals surface area contributed by atoms with Gasteiger partial charge in [-0.3, -0.25) is 14.6 Å². The first-order valence-electron chi connectivity index (χ1n) is 6.11. The molecule has 1 fully saturated rings. The van der Waals surface area contributed by atoms with E-state index in [0.29, 0.717) is 6.54 Å². The SMILES string of the molecule is CC(C)NC(=O)CN1CCN(C/C=C/Cl)CC1. The summed E-state index contributed by atoms with van der Waals surface area (Å²) >= 11 is 5.50. The van der Waals surface area contributed by atoms with Crippen molar-refractivity contribution in [1.82, 2.24) is 15.1 Å². The maximum Gasteiger partial charge on any atom is 0.234 e. The molecule has 0 aromatic carbocycles. The maximum atomic E-state index is 11.6. The van der Waals surface area contributed by atoms with Crippen LogP contribution in [0.25, 0.3) is 0 Å². The van der Waals surface area contributed by atoms with Crippen molar-refractivity contribution >= 4 is 17.5 Å². The summed E-state index contributed by atoms with van der Waals surface area (Å²) in [4.78, 5) is 16.1. The summed E-state index contributed by atoms with van der Waals surface area (Å²) in [6, 6.07) is 0.220. The maximum absolute atomic E-state index is 11.6. The van der Waals surface area contributed by atoms with Crippen LogP contribution in [0.2, 0.25) is 0 Å². The Kier molecular flexibility index (Phi) is 6.55. The molecule has 0 atom stereocenters. The molecule has 1 heterocycles. The Bertz CT molecular complexity index is 260. The number of nitrogens with zero attached hydrogens (tertiary/aromatic N) is 2. The number of hydrogen-bond donors (Lipinski definition) is 1. The first-order chi connectivity index (χ1) is 8.11. The third-order valence-electron chi connectivity index (χ3n) is 2.73. The first-order valence-corrected chi connectivity index (χ1v) is 6.54. The van der Waals surface area contributed by atoms with Gasteiger partial charge in [0.2, 0.25) is 5.91 Å². The van der Waals surface area contributed by atoms with Crippen molar-refractivity contribution in [3.8, 4) is 0 Å². The van der Waals surface area contributed by atoms with E-state index in [2.05, 4.69) is 15.1 Å². The number of piperazine rings is 1. The average molecular weight is 260 g/mol. The second-order valence-corrected chi connectivity index (χ2v) is 4.91. The van der Waals surface area contributed by atoms with E-state index in [4.69, 9.17) is 11.6 Å². The molecule has 5 heteroatoms. The molecule has 17 heavy (non-hydrogen) atoms. The molecule has 0 saturated carbocycles. The fourth-order valence-electron chi connectivity index (χ4n) is 1.89. The Balaban J connectivity index is 2.20. The monoisotopic (exact) mass is 259 g/mol. The summed E-state index contributed by atoms with van der Waals surface area (Å²) in [7, 11) is 0. The smallest absolute Gasteiger partial charge is 0.234 e. The molecule has 0 bridgehead atoms. The molecule has 0 aromatic rings. The second-order valence-electron chi connectivity index (χ2n) is 4.66. The van der Waals surface area contributed by atoms with Crippen LogP contribution < -0.4 is 5.32 Å². The van der Waals surface area contributed by atoms with Gasteiger partial charge in [0.05, 0.1) is 6.54 Å². The zero-order valence-electron chi connectivity index (χ0n) is 10.7. The first kappa shape index (κ1) is 14.5. The number of halogens is 1. The van der Waals surface area contributed by atoms with E-state index in [1.165, 1.54) is 0 Å². The van der Waals surface area contributed by atoms with Gasteiger partial charge in [-0.1, -0.05) is 17.7 Å². The van der Waals surface area contributed by atoms with Crippen molar-refractivity contribution in [3.63, 3.8) is 0 Å². The van der Waals surface area contributed by atoms with E-state index in [9.17, 15) is 4.79 Å². The number of carbonyl (C=O) groups is 1. The van der Waals surface area contributed by atoms with Crippen LogP contribution in [0.15, 0.2) is 11.6 Å². The average Bonchev–Trinajstić information content (AvgIpc) is 2.27. The Hall–Kier alpha value is -0.580. The van der Waals surface area contributed by atoms with E-state index < -0.39 is 0 Å². The number of hydrogen-bond acceptors (Lipinski definition) is 3. The zero-order chi connectivity index (χ0) is 12.7. The summed E-state index contributed by atoms with van der Waals surface area (Å²) in [5.74, 6) is 0.120. The molecule has 0 aromatic heterocycles. The summed E-state index contributed by atoms with van der Waals surface area (Å²) in [6.45, 7) is 9.26. The van der Waals surface area contributed by atoms with E-state index in [-0.39, 0.29) is 11.9 Å². The van der Waals surface area contributed by atoms with Gasteiger partial charge in [-0.15, -0.1) is 0 Å². The van der Waals surface area contributed by atoms with Crippen molar-refractivity contribution < 1.29 is 4.79 Å². The lowest BCUT2D eigenvalue weighted by Crippen LogP contribution is -2.50. The molecule has 1 aliphatic heterocycles. The van der Waals surface area contributed by atoms with Crippen LogP contribution in [0, 0.1) is 0 Å². The summed E-state index contributed by atoms with van der Waals surface area (Å²) < 4.78 is 0. The molecule has 0 aliphatic carbocycles. The van der Waals surface area contributed by atoms with Crippen LogP contribution in [-0.4, -0.2) is 61.0 Å². The lowest BCUT2D eigenvalue weighted by atomic mass is 10.3. The van der Waals surface area contributed by atoms with Gasteiger partial charge in [-0.2, -0.15) is 0 Å². The highest BCUT2D eigenvalue weighted by Gasteiger charge is 2.18. The van der Waals surface area contributed by atoms with E-state index in [1.54, 1.807) is 5.54 Å². The van der Waals surface area contributed by atoms with Gasteiger partial charge in [0, 0.05) is 44.3 Å². The van der Waals surface area contributed by atoms with Gasteiger partial charge < -0.3 is 5.32 Å². The van der Waals surface area contributed by atoms with Crippen molar-refractivity contribution in [2.24, 2.45) is 0 Å². The molecule has 98 valence electrons. The van der Waals surface area contributed by atoms with Crippen LogP contribution in [0.1, 0.15) is 13.8 Å². The zero-order valence-corrected chi connectivity index (χ0v) is 11.4. The highest BCUT2D eigenvalue weighted by molar-refractivity contribution is 6.25. The van der Waals surface area contributed by atoms with Crippen LogP contribution in [-0.2, 0) is 4.79 Å². The quantitative estimate of drug-likeness (QED) is 0.796. The molecule has 0 spiro atoms. The summed E-state index contributed by atoms with van der Waals surface area (Å²) in [5.41, 5.74) is 1.56. The lowest BCUT2D eigenvalue weighted by Gasteiger charge is -2.33. The minimum absolute atomic E-state index is 0.120. The number of rotatable bonds is 5. The minimum atomic E-state index is 0.120. The number of carbonyl (C=O) groups excluding carboxylic acids is 1. The molecule has 0 unspecified atom stereocenters. The minimum Gasteiger partial charge on any atom is -0.353 e. The van der Waals surface area contributed by atoms with Crippen LogP contribution in [0.3, 0.4) is 0 Å². The van der Waals surface area contributed by atoms with Gasteiger partial charge >= 0.3 is 0 Å². The fraction of sp³-hybridized carbons (Fsp3) is 0.750. The van der Waals surface area contributed by atoms with E-state index in [0.717, 1.165) is 32.7 Å². The highest BCUT2D eigenvalue weighted by atomic mass is 35.5. The molecule has 1 saturated heterocycles. The van der Waals surface area contributed by atoms with Crippen molar-refractivity contribution in [3.05, 3.63) is 11.6 Å². The molecular weight excluding hydrogens is 238 g/mol. The van der Waals surface area contributed by atoms with Crippen molar-refractivity contribution in [2.75, 3.05) is 39.3 Å². The lowest BCUT2D eigenvalue weighted by molar-refractivity contribution is -0.123. The number of amides is 1. The Labute approximate surface area is 109 Å². The molecule has 1 N–H and O–H groups in total. The summed E-state index contributed by atoms with van der Waals surface area (Å²) in [5, 5.41) is 2.91. The molecular formula is C12H22ClN3O. The van der Waals surface area contributed by atoms with Crippen LogP contribution in [0.5, 0.6) is 0 Å². The Morgan fingerprint density at radius 3 is 2.41 bits per heavy atom. The predicted molar refractivity (Wildman–Crippen MR) is 71.2 cm³/mol. The second kappa shape index (κ2) is 7.69. The number of nitrogens with one attached hydrogen (secondary N) is 1. The standard InChI is InChI=1S/C12H22ClN3O/c1-11(2)14-12(17)10-16-8-6-15(7-9-16)5-3-4-13/h3-4,11H,5-10H2,1-2H3,(H,14,17)/b4-3+. The molecule has 1 rings (SSSR count). The normalized spacial score (nSPS) is 19.1. The highest BCUT2D eigenvalue weighted by Crippen LogP contribution is 2.01. The molecule has 1 aliphatic rings. The largest absolute Gasteiger partial charge is 0.353 e. The topological polar surface area (TPSA) is 35.6 Å². The third-order valence-corrected chi connectivity index (χ3v) is 2.91. The predicted octanol–water partition coefficient (Wildman–Crippen LogP) is 0.881. The van der Waals surface area contributed by atoms with Crippen LogP contribution in [0.4, 0.5) is 0 Å². The van der Waals surface area contributed by atoms with E-state index in [1.807, 2.05) is 19.9 Å². The molecule has 1 amide bonds. The Morgan fingerprint density at radius 1 is 1.29 bits per heavy atom. The fourth-order valence-corrected chi connectivity index (χ4v) is 1.97. The van der Waals surface area contributed by atoms with Crippen molar-refractivity contribution in [1.29, 1.82) is 0 Å². The van der Waals surface area contributed by atoms with Crippen molar-refractivity contribution in [2.45, 2.75) is 19.9 Å². The van der Waals surface area contributed by atoms with Gasteiger partial charge in [-0.25, -0.2) is 0 Å². The van der Waals surface area contributed by atoms with Gasteiger partial charge in [0.15, 0.2) is 0 Å². The Morgan fingerprint density at radius 2 is 1.88 bits per heavy atom. The third kappa shape index (κ3) is 6.05. The van der Waals surface area contributed by atoms with E-state index >= 15 is 0 Å². The summed E-state index contributed by atoms with van der Waals surface area (Å²) in [6.07, 6.45) is 1.95. The van der Waals surface area contributed by atoms with Gasteiger partial charge in [0.25, 0.3) is 0 Å². The van der Waals surface area contributed by atoms with Gasteiger partial charge in [-0.05, 0) is 13.8 Å². The van der Waals surface area contributed by atoms with Crippen LogP contribution >= 0.6 is 11.6 Å².